The van der Waals surface area contributed by atoms with Gasteiger partial charge in [0.2, 0.25) is 0 Å². The van der Waals surface area contributed by atoms with Gasteiger partial charge in [0.1, 0.15) is 0 Å². The molecule has 10 heavy (non-hydrogen) atoms. The summed E-state index contributed by atoms with van der Waals surface area (Å²) in [5.74, 6) is 0. The number of nitriles is 1. The smallest absolute Gasteiger partial charge is 0.176 e. The normalized spacial score (nSPS) is 26.5. The molecular weight excluding hydrogens is 126 g/mol. The van der Waals surface area contributed by atoms with Gasteiger partial charge in [-0.3, -0.25) is 0 Å². The van der Waals surface area contributed by atoms with Crippen LogP contribution in [0.2, 0.25) is 0 Å². The second-order valence-electron chi connectivity index (χ2n) is 2.63. The van der Waals surface area contributed by atoms with Crippen LogP contribution in [0.1, 0.15) is 19.3 Å². The second-order valence-corrected chi connectivity index (χ2v) is 2.63. The van der Waals surface area contributed by atoms with Crippen molar-refractivity contribution in [1.29, 1.82) is 5.26 Å². The van der Waals surface area contributed by atoms with Crippen LogP contribution in [-0.4, -0.2) is 19.1 Å². The lowest BCUT2D eigenvalue weighted by atomic mass is 10.1. The molecule has 1 saturated heterocycles. The number of hydrogen-bond acceptors (Lipinski definition) is 3. The van der Waals surface area contributed by atoms with Gasteiger partial charge >= 0.3 is 0 Å². The monoisotopic (exact) mass is 139 g/mol. The van der Waals surface area contributed by atoms with Gasteiger partial charge in [0, 0.05) is 6.04 Å². The zero-order valence-corrected chi connectivity index (χ0v) is 6.06. The lowest BCUT2D eigenvalue weighted by Crippen LogP contribution is -2.25. The van der Waals surface area contributed by atoms with Gasteiger partial charge in [-0.1, -0.05) is 0 Å². The van der Waals surface area contributed by atoms with Crippen LogP contribution in [-0.2, 0) is 0 Å². The van der Waals surface area contributed by atoms with Gasteiger partial charge in [-0.2, -0.15) is 5.26 Å². The maximum atomic E-state index is 8.33. The summed E-state index contributed by atoms with van der Waals surface area (Å²) in [5.41, 5.74) is 0. The van der Waals surface area contributed by atoms with Crippen molar-refractivity contribution in [2.45, 2.75) is 25.3 Å². The molecule has 3 nitrogen and oxygen atoms in total. The summed E-state index contributed by atoms with van der Waals surface area (Å²) in [5, 5.41) is 14.4. The fourth-order valence-electron chi connectivity index (χ4n) is 1.25. The molecule has 0 spiro atoms. The molecule has 56 valence electrons. The van der Waals surface area contributed by atoms with Crippen molar-refractivity contribution in [3.05, 3.63) is 0 Å². The van der Waals surface area contributed by atoms with Crippen molar-refractivity contribution in [1.82, 2.24) is 10.6 Å². The van der Waals surface area contributed by atoms with Crippen molar-refractivity contribution in [2.24, 2.45) is 0 Å². The summed E-state index contributed by atoms with van der Waals surface area (Å²) in [6, 6.07) is 0.417. The minimum Gasteiger partial charge on any atom is -0.321 e. The molecule has 0 amide bonds. The first-order chi connectivity index (χ1) is 4.93. The topological polar surface area (TPSA) is 47.9 Å². The van der Waals surface area contributed by atoms with E-state index in [1.165, 1.54) is 6.42 Å². The third kappa shape index (κ3) is 2.24. The van der Waals surface area contributed by atoms with Crippen molar-refractivity contribution in [3.8, 4) is 6.19 Å². The van der Waals surface area contributed by atoms with Crippen LogP contribution in [0.25, 0.3) is 0 Å². The SMILES string of the molecule is N#CNC1CCCNCC1. The molecule has 0 aromatic heterocycles. The zero-order valence-electron chi connectivity index (χ0n) is 6.06. The van der Waals surface area contributed by atoms with Crippen LogP contribution in [0, 0.1) is 11.5 Å². The number of rotatable bonds is 1. The first-order valence-electron chi connectivity index (χ1n) is 3.79. The molecule has 1 aliphatic heterocycles. The number of hydrogen-bond donors (Lipinski definition) is 2. The highest BCUT2D eigenvalue weighted by Crippen LogP contribution is 2.03. The predicted molar refractivity (Wildman–Crippen MR) is 39.3 cm³/mol. The molecule has 1 fully saturated rings. The molecule has 3 heteroatoms. The minimum atomic E-state index is 0.417. The molecule has 0 aromatic carbocycles. The average molecular weight is 139 g/mol. The first-order valence-corrected chi connectivity index (χ1v) is 3.79. The third-order valence-corrected chi connectivity index (χ3v) is 1.84. The van der Waals surface area contributed by atoms with Crippen LogP contribution in [0.4, 0.5) is 0 Å². The molecule has 1 atom stereocenters. The average Bonchev–Trinajstić information content (AvgIpc) is 2.17. The highest BCUT2D eigenvalue weighted by molar-refractivity contribution is 4.78. The Balaban J connectivity index is 2.23. The van der Waals surface area contributed by atoms with Gasteiger partial charge in [0.15, 0.2) is 6.19 Å². The van der Waals surface area contributed by atoms with Gasteiger partial charge in [-0.05, 0) is 32.4 Å². The molecule has 0 aromatic rings. The van der Waals surface area contributed by atoms with E-state index in [0.29, 0.717) is 6.04 Å². The Bertz CT molecular complexity index is 119. The Kier molecular flexibility index (Phi) is 3.04. The van der Waals surface area contributed by atoms with E-state index in [1.54, 1.807) is 0 Å². The number of nitrogens with zero attached hydrogens (tertiary/aromatic N) is 1. The van der Waals surface area contributed by atoms with E-state index in [2.05, 4.69) is 10.6 Å². The molecule has 0 aliphatic carbocycles. The van der Waals surface area contributed by atoms with Crippen LogP contribution in [0.15, 0.2) is 0 Å². The Hall–Kier alpha value is -0.750. The fourth-order valence-corrected chi connectivity index (χ4v) is 1.25. The minimum absolute atomic E-state index is 0.417. The van der Waals surface area contributed by atoms with Crippen molar-refractivity contribution < 1.29 is 0 Å². The summed E-state index contributed by atoms with van der Waals surface area (Å²) in [4.78, 5) is 0. The molecule has 1 unspecified atom stereocenters. The van der Waals surface area contributed by atoms with Crippen molar-refractivity contribution in [3.63, 3.8) is 0 Å². The van der Waals surface area contributed by atoms with Gasteiger partial charge in [-0.15, -0.1) is 0 Å². The van der Waals surface area contributed by atoms with E-state index in [-0.39, 0.29) is 0 Å². The Morgan fingerprint density at radius 2 is 2.30 bits per heavy atom. The molecule has 1 aliphatic rings. The largest absolute Gasteiger partial charge is 0.321 e. The maximum absolute atomic E-state index is 8.33. The van der Waals surface area contributed by atoms with Gasteiger partial charge in [-0.25, -0.2) is 0 Å². The molecule has 0 saturated carbocycles. The Morgan fingerprint density at radius 1 is 1.40 bits per heavy atom. The Labute approximate surface area is 61.4 Å². The highest BCUT2D eigenvalue weighted by Gasteiger charge is 2.09. The summed E-state index contributed by atoms with van der Waals surface area (Å²) in [7, 11) is 0. The third-order valence-electron chi connectivity index (χ3n) is 1.84. The van der Waals surface area contributed by atoms with Crippen molar-refractivity contribution >= 4 is 0 Å². The fraction of sp³-hybridized carbons (Fsp3) is 0.857. The van der Waals surface area contributed by atoms with Crippen LogP contribution < -0.4 is 10.6 Å². The predicted octanol–water partition coefficient (Wildman–Crippen LogP) is 0.199. The summed E-state index contributed by atoms with van der Waals surface area (Å²) in [6.07, 6.45) is 5.37. The van der Waals surface area contributed by atoms with Crippen molar-refractivity contribution in [2.75, 3.05) is 13.1 Å². The van der Waals surface area contributed by atoms with Gasteiger partial charge in [0.25, 0.3) is 0 Å². The second kappa shape index (κ2) is 4.13. The molecule has 0 bridgehead atoms. The lowest BCUT2D eigenvalue weighted by Gasteiger charge is -2.09. The summed E-state index contributed by atoms with van der Waals surface area (Å²) < 4.78 is 0. The van der Waals surface area contributed by atoms with E-state index in [0.717, 1.165) is 25.9 Å². The molecular formula is C7H13N3. The molecule has 1 heterocycles. The molecule has 2 N–H and O–H groups in total. The van der Waals surface area contributed by atoms with Gasteiger partial charge in [0.05, 0.1) is 0 Å². The standard InChI is InChI=1S/C7H13N3/c8-6-10-7-2-1-4-9-5-3-7/h7,9-10H,1-5H2. The van der Waals surface area contributed by atoms with Crippen LogP contribution in [0.5, 0.6) is 0 Å². The van der Waals surface area contributed by atoms with E-state index in [4.69, 9.17) is 5.26 Å². The maximum Gasteiger partial charge on any atom is 0.176 e. The van der Waals surface area contributed by atoms with E-state index in [1.807, 2.05) is 6.19 Å². The first kappa shape index (κ1) is 7.36. The highest BCUT2D eigenvalue weighted by atomic mass is 14.9. The van der Waals surface area contributed by atoms with E-state index < -0.39 is 0 Å². The molecule has 1 rings (SSSR count). The number of nitrogens with one attached hydrogen (secondary N) is 2. The van der Waals surface area contributed by atoms with E-state index in [9.17, 15) is 0 Å². The van der Waals surface area contributed by atoms with Gasteiger partial charge < -0.3 is 10.6 Å². The summed E-state index contributed by atoms with van der Waals surface area (Å²) >= 11 is 0. The quantitative estimate of drug-likeness (QED) is 0.403. The molecule has 0 radical (unpaired) electrons. The Morgan fingerprint density at radius 3 is 3.10 bits per heavy atom. The van der Waals surface area contributed by atoms with Crippen LogP contribution in [0.3, 0.4) is 0 Å². The summed E-state index contributed by atoms with van der Waals surface area (Å²) in [6.45, 7) is 2.14. The lowest BCUT2D eigenvalue weighted by molar-refractivity contribution is 0.536. The van der Waals surface area contributed by atoms with Crippen LogP contribution >= 0.6 is 0 Å². The van der Waals surface area contributed by atoms with E-state index >= 15 is 0 Å². The zero-order chi connectivity index (χ0) is 7.23.